The summed E-state index contributed by atoms with van der Waals surface area (Å²) in [4.78, 5) is 4.39. The average Bonchev–Trinajstić information content (AvgIpc) is 2.46. The van der Waals surface area contributed by atoms with Crippen LogP contribution in [0.4, 0.5) is 0 Å². The molecule has 1 heterocycles. The van der Waals surface area contributed by atoms with Crippen LogP contribution in [-0.4, -0.2) is 31.2 Å². The molecule has 5 nitrogen and oxygen atoms in total. The summed E-state index contributed by atoms with van der Waals surface area (Å²) in [7, 11) is -3.65. The minimum Gasteiger partial charge on any atom is -0.396 e. The van der Waals surface area contributed by atoms with Gasteiger partial charge in [-0.1, -0.05) is 19.9 Å². The first-order valence-electron chi connectivity index (χ1n) is 6.92. The monoisotopic (exact) mass is 308 g/mol. The Balaban J connectivity index is 2.42. The van der Waals surface area contributed by atoms with E-state index in [0.717, 1.165) is 0 Å². The Labute approximate surface area is 125 Å². The summed E-state index contributed by atoms with van der Waals surface area (Å²) in [6, 6.07) is 8.19. The Bertz CT molecular complexity index is 708. The second kappa shape index (κ2) is 6.51. The molecule has 0 aliphatic rings. The molecule has 6 heteroatoms. The zero-order valence-electron chi connectivity index (χ0n) is 12.2. The zero-order valence-corrected chi connectivity index (χ0v) is 13.0. The Morgan fingerprint density at radius 1 is 1.24 bits per heavy atom. The molecular formula is C15H20N2O3S. The summed E-state index contributed by atoms with van der Waals surface area (Å²) in [6.45, 7) is 3.80. The maximum absolute atomic E-state index is 12.6. The number of nitrogens with zero attached hydrogens (tertiary/aromatic N) is 1. The van der Waals surface area contributed by atoms with Crippen molar-refractivity contribution in [2.75, 3.05) is 6.61 Å². The Morgan fingerprint density at radius 2 is 2.00 bits per heavy atom. The van der Waals surface area contributed by atoms with E-state index in [2.05, 4.69) is 9.71 Å². The average molecular weight is 308 g/mol. The topological polar surface area (TPSA) is 79.3 Å². The lowest BCUT2D eigenvalue weighted by molar-refractivity contribution is 0.256. The summed E-state index contributed by atoms with van der Waals surface area (Å²) in [5.74, 6) is 0.0972. The maximum atomic E-state index is 12.6. The van der Waals surface area contributed by atoms with E-state index in [1.54, 1.807) is 36.5 Å². The first-order valence-corrected chi connectivity index (χ1v) is 8.41. The van der Waals surface area contributed by atoms with Crippen LogP contribution < -0.4 is 4.72 Å². The minimum atomic E-state index is -3.65. The van der Waals surface area contributed by atoms with E-state index in [0.29, 0.717) is 17.3 Å². The number of aliphatic hydroxyl groups excluding tert-OH is 1. The highest BCUT2D eigenvalue weighted by Crippen LogP contribution is 2.22. The molecule has 2 rings (SSSR count). The van der Waals surface area contributed by atoms with Gasteiger partial charge in [0.25, 0.3) is 0 Å². The predicted octanol–water partition coefficient (Wildman–Crippen LogP) is 1.92. The van der Waals surface area contributed by atoms with Gasteiger partial charge in [-0.15, -0.1) is 0 Å². The van der Waals surface area contributed by atoms with Crippen molar-refractivity contribution in [3.05, 3.63) is 36.5 Å². The molecule has 21 heavy (non-hydrogen) atoms. The summed E-state index contributed by atoms with van der Waals surface area (Å²) in [5, 5.41) is 9.68. The number of pyridine rings is 1. The second-order valence-electron chi connectivity index (χ2n) is 5.31. The smallest absolute Gasteiger partial charge is 0.241 e. The van der Waals surface area contributed by atoms with Crippen LogP contribution in [0.25, 0.3) is 10.9 Å². The zero-order chi connectivity index (χ0) is 15.5. The third kappa shape index (κ3) is 3.58. The lowest BCUT2D eigenvalue weighted by Crippen LogP contribution is -2.39. The van der Waals surface area contributed by atoms with Gasteiger partial charge in [0.05, 0.1) is 10.4 Å². The molecule has 2 aromatic rings. The fraction of sp³-hybridized carbons (Fsp3) is 0.400. The molecule has 0 fully saturated rings. The van der Waals surface area contributed by atoms with Crippen LogP contribution in [0, 0.1) is 5.92 Å². The number of aliphatic hydroxyl groups is 1. The molecule has 0 saturated heterocycles. The van der Waals surface area contributed by atoms with Gasteiger partial charge in [0.15, 0.2) is 0 Å². The number of hydrogen-bond acceptors (Lipinski definition) is 4. The summed E-state index contributed by atoms with van der Waals surface area (Å²) < 4.78 is 27.9. The van der Waals surface area contributed by atoms with Gasteiger partial charge in [0, 0.05) is 24.2 Å². The van der Waals surface area contributed by atoms with E-state index in [1.807, 2.05) is 13.8 Å². The molecular weight excluding hydrogens is 288 g/mol. The quantitative estimate of drug-likeness (QED) is 0.854. The number of nitrogens with one attached hydrogen (secondary N) is 1. The molecule has 2 N–H and O–H groups in total. The first-order chi connectivity index (χ1) is 9.95. The molecule has 0 saturated carbocycles. The van der Waals surface area contributed by atoms with Crippen LogP contribution >= 0.6 is 0 Å². The molecule has 1 unspecified atom stereocenters. The van der Waals surface area contributed by atoms with Crippen molar-refractivity contribution in [3.63, 3.8) is 0 Å². The number of fused-ring (bicyclic) bond motifs is 1. The SMILES string of the molecule is CC(C)C(CCO)NS(=O)(=O)c1cccc2ncccc12. The van der Waals surface area contributed by atoms with Crippen molar-refractivity contribution in [1.29, 1.82) is 0 Å². The standard InChI is InChI=1S/C15H20N2O3S/c1-11(2)13(8-10-18)17-21(19,20)15-7-3-6-14-12(15)5-4-9-16-14/h3-7,9,11,13,17-18H,8,10H2,1-2H3. The molecule has 1 aromatic carbocycles. The number of hydrogen-bond donors (Lipinski definition) is 2. The first kappa shape index (κ1) is 15.9. The lowest BCUT2D eigenvalue weighted by atomic mass is 10.0. The predicted molar refractivity (Wildman–Crippen MR) is 82.4 cm³/mol. The fourth-order valence-corrected chi connectivity index (χ4v) is 3.88. The highest BCUT2D eigenvalue weighted by molar-refractivity contribution is 7.89. The third-order valence-electron chi connectivity index (χ3n) is 3.45. The number of rotatable bonds is 6. The molecule has 0 aliphatic carbocycles. The minimum absolute atomic E-state index is 0.0531. The normalized spacial score (nSPS) is 13.7. The van der Waals surface area contributed by atoms with Gasteiger partial charge in [0.1, 0.15) is 0 Å². The van der Waals surface area contributed by atoms with E-state index in [9.17, 15) is 8.42 Å². The molecule has 1 aromatic heterocycles. The highest BCUT2D eigenvalue weighted by Gasteiger charge is 2.23. The van der Waals surface area contributed by atoms with Crippen LogP contribution in [-0.2, 0) is 10.0 Å². The fourth-order valence-electron chi connectivity index (χ4n) is 2.24. The van der Waals surface area contributed by atoms with Crippen molar-refractivity contribution < 1.29 is 13.5 Å². The van der Waals surface area contributed by atoms with Gasteiger partial charge < -0.3 is 5.11 Å². The molecule has 0 amide bonds. The second-order valence-corrected chi connectivity index (χ2v) is 6.99. The van der Waals surface area contributed by atoms with Crippen LogP contribution in [0.15, 0.2) is 41.4 Å². The Morgan fingerprint density at radius 3 is 2.67 bits per heavy atom. The largest absolute Gasteiger partial charge is 0.396 e. The summed E-state index contributed by atoms with van der Waals surface area (Å²) in [5.41, 5.74) is 0.642. The van der Waals surface area contributed by atoms with E-state index in [1.165, 1.54) is 0 Å². The van der Waals surface area contributed by atoms with Gasteiger partial charge in [-0.3, -0.25) is 4.98 Å². The third-order valence-corrected chi connectivity index (χ3v) is 4.99. The maximum Gasteiger partial charge on any atom is 0.241 e. The van der Waals surface area contributed by atoms with Crippen molar-refractivity contribution in [2.24, 2.45) is 5.92 Å². The van der Waals surface area contributed by atoms with Crippen LogP contribution in [0.2, 0.25) is 0 Å². The highest BCUT2D eigenvalue weighted by atomic mass is 32.2. The van der Waals surface area contributed by atoms with Crippen LogP contribution in [0.3, 0.4) is 0 Å². The molecule has 1 atom stereocenters. The Kier molecular flexibility index (Phi) is 4.92. The van der Waals surface area contributed by atoms with E-state index < -0.39 is 10.0 Å². The van der Waals surface area contributed by atoms with Crippen molar-refractivity contribution >= 4 is 20.9 Å². The molecule has 0 spiro atoms. The number of aromatic nitrogens is 1. The van der Waals surface area contributed by atoms with Gasteiger partial charge in [-0.2, -0.15) is 0 Å². The molecule has 114 valence electrons. The van der Waals surface area contributed by atoms with E-state index >= 15 is 0 Å². The van der Waals surface area contributed by atoms with Gasteiger partial charge in [0.2, 0.25) is 10.0 Å². The summed E-state index contributed by atoms with van der Waals surface area (Å²) in [6.07, 6.45) is 2.02. The van der Waals surface area contributed by atoms with Crippen molar-refractivity contribution in [1.82, 2.24) is 9.71 Å². The molecule has 0 radical (unpaired) electrons. The van der Waals surface area contributed by atoms with Crippen molar-refractivity contribution in [2.45, 2.75) is 31.2 Å². The lowest BCUT2D eigenvalue weighted by Gasteiger charge is -2.21. The number of sulfonamides is 1. The Hall–Kier alpha value is -1.50. The van der Waals surface area contributed by atoms with E-state index in [4.69, 9.17) is 5.11 Å². The molecule has 0 aliphatic heterocycles. The van der Waals surface area contributed by atoms with Gasteiger partial charge in [-0.25, -0.2) is 13.1 Å². The van der Waals surface area contributed by atoms with Crippen molar-refractivity contribution in [3.8, 4) is 0 Å². The molecule has 0 bridgehead atoms. The number of benzene rings is 1. The van der Waals surface area contributed by atoms with Gasteiger partial charge >= 0.3 is 0 Å². The summed E-state index contributed by atoms with van der Waals surface area (Å²) >= 11 is 0. The van der Waals surface area contributed by atoms with E-state index in [-0.39, 0.29) is 23.5 Å². The van der Waals surface area contributed by atoms with Gasteiger partial charge in [-0.05, 0) is 36.6 Å². The van der Waals surface area contributed by atoms with Crippen LogP contribution in [0.5, 0.6) is 0 Å². The van der Waals surface area contributed by atoms with Crippen LogP contribution in [0.1, 0.15) is 20.3 Å².